The molecule has 0 saturated heterocycles. The molecule has 0 unspecified atom stereocenters. The summed E-state index contributed by atoms with van der Waals surface area (Å²) in [5.74, 6) is -0.323. The number of benzene rings is 1. The van der Waals surface area contributed by atoms with Crippen LogP contribution in [0.15, 0.2) is 24.3 Å². The van der Waals surface area contributed by atoms with Gasteiger partial charge in [-0.1, -0.05) is 0 Å². The number of hydrogen-bond acceptors (Lipinski definition) is 3. The molecule has 1 aromatic rings. The van der Waals surface area contributed by atoms with Gasteiger partial charge in [0, 0.05) is 19.3 Å². The zero-order chi connectivity index (χ0) is 14.3. The predicted octanol–water partition coefficient (Wildman–Crippen LogP) is 1.88. The molecule has 1 aromatic carbocycles. The molecular weight excluding hydrogens is 261 g/mol. The number of rotatable bonds is 6. The highest BCUT2D eigenvalue weighted by Gasteiger charge is 2.29. The Morgan fingerprint density at radius 2 is 1.89 bits per heavy atom. The van der Waals surface area contributed by atoms with Gasteiger partial charge in [-0.2, -0.15) is 13.2 Å². The standard InChI is InChI=1S/C12H15F3N2O2/c1-19-7-6-16-8-11(18)17-10-4-2-9(3-5-10)12(13,14)15/h2-5,16H,6-8H2,1H3,(H,17,18). The second-order valence-electron chi connectivity index (χ2n) is 3.79. The van der Waals surface area contributed by atoms with Crippen molar-refractivity contribution in [1.29, 1.82) is 0 Å². The van der Waals surface area contributed by atoms with E-state index in [2.05, 4.69) is 10.6 Å². The third kappa shape index (κ3) is 5.71. The Labute approximate surface area is 108 Å². The van der Waals surface area contributed by atoms with E-state index in [1.54, 1.807) is 7.11 Å². The average molecular weight is 276 g/mol. The lowest BCUT2D eigenvalue weighted by Crippen LogP contribution is -2.30. The van der Waals surface area contributed by atoms with E-state index in [0.717, 1.165) is 12.1 Å². The van der Waals surface area contributed by atoms with Gasteiger partial charge in [0.15, 0.2) is 0 Å². The van der Waals surface area contributed by atoms with E-state index in [-0.39, 0.29) is 12.5 Å². The second kappa shape index (κ2) is 7.10. The lowest BCUT2D eigenvalue weighted by molar-refractivity contribution is -0.137. The highest BCUT2D eigenvalue weighted by Crippen LogP contribution is 2.29. The zero-order valence-electron chi connectivity index (χ0n) is 10.4. The minimum absolute atomic E-state index is 0.0738. The normalized spacial score (nSPS) is 11.4. The van der Waals surface area contributed by atoms with Gasteiger partial charge in [0.2, 0.25) is 5.91 Å². The SMILES string of the molecule is COCCNCC(=O)Nc1ccc(C(F)(F)F)cc1. The lowest BCUT2D eigenvalue weighted by Gasteiger charge is -2.09. The van der Waals surface area contributed by atoms with E-state index >= 15 is 0 Å². The van der Waals surface area contributed by atoms with Crippen LogP contribution in [0.2, 0.25) is 0 Å². The Morgan fingerprint density at radius 3 is 2.42 bits per heavy atom. The fraction of sp³-hybridized carbons (Fsp3) is 0.417. The van der Waals surface area contributed by atoms with Gasteiger partial charge in [-0.05, 0) is 24.3 Å². The van der Waals surface area contributed by atoms with Crippen molar-refractivity contribution in [2.45, 2.75) is 6.18 Å². The number of alkyl halides is 3. The molecule has 0 aliphatic rings. The van der Waals surface area contributed by atoms with Gasteiger partial charge >= 0.3 is 6.18 Å². The summed E-state index contributed by atoms with van der Waals surface area (Å²) < 4.78 is 41.7. The topological polar surface area (TPSA) is 50.4 Å². The third-order valence-corrected chi connectivity index (χ3v) is 2.26. The van der Waals surface area contributed by atoms with Gasteiger partial charge in [0.25, 0.3) is 0 Å². The smallest absolute Gasteiger partial charge is 0.383 e. The summed E-state index contributed by atoms with van der Waals surface area (Å²) in [5, 5.41) is 5.31. The Kier molecular flexibility index (Phi) is 5.78. The molecular formula is C12H15F3N2O2. The maximum Gasteiger partial charge on any atom is 0.416 e. The Hall–Kier alpha value is -1.60. The Bertz CT molecular complexity index is 404. The lowest BCUT2D eigenvalue weighted by atomic mass is 10.2. The summed E-state index contributed by atoms with van der Waals surface area (Å²) in [7, 11) is 1.55. The first-order chi connectivity index (χ1) is 8.93. The molecule has 0 fully saturated rings. The molecule has 0 aliphatic carbocycles. The number of methoxy groups -OCH3 is 1. The zero-order valence-corrected chi connectivity index (χ0v) is 10.4. The maximum absolute atomic E-state index is 12.3. The Balaban J connectivity index is 2.43. The van der Waals surface area contributed by atoms with E-state index in [4.69, 9.17) is 4.74 Å². The van der Waals surface area contributed by atoms with E-state index < -0.39 is 11.7 Å². The van der Waals surface area contributed by atoms with Gasteiger partial charge in [-0.3, -0.25) is 4.79 Å². The van der Waals surface area contributed by atoms with Crippen LogP contribution in [0.4, 0.5) is 18.9 Å². The molecule has 0 spiro atoms. The summed E-state index contributed by atoms with van der Waals surface area (Å²) in [6.45, 7) is 1.08. The summed E-state index contributed by atoms with van der Waals surface area (Å²) in [5.41, 5.74) is -0.421. The summed E-state index contributed by atoms with van der Waals surface area (Å²) in [6, 6.07) is 4.29. The molecule has 0 bridgehead atoms. The number of halogens is 3. The molecule has 0 atom stereocenters. The van der Waals surface area contributed by atoms with Crippen LogP contribution in [0, 0.1) is 0 Å². The minimum atomic E-state index is -4.37. The third-order valence-electron chi connectivity index (χ3n) is 2.26. The highest BCUT2D eigenvalue weighted by molar-refractivity contribution is 5.92. The highest BCUT2D eigenvalue weighted by atomic mass is 19.4. The van der Waals surface area contributed by atoms with Gasteiger partial charge in [-0.25, -0.2) is 0 Å². The Morgan fingerprint density at radius 1 is 1.26 bits per heavy atom. The first-order valence-electron chi connectivity index (χ1n) is 5.60. The molecule has 0 aliphatic heterocycles. The van der Waals surface area contributed by atoms with Gasteiger partial charge in [0.1, 0.15) is 0 Å². The van der Waals surface area contributed by atoms with Crippen molar-refractivity contribution in [3.8, 4) is 0 Å². The average Bonchev–Trinajstić information content (AvgIpc) is 2.34. The van der Waals surface area contributed by atoms with Gasteiger partial charge < -0.3 is 15.4 Å². The van der Waals surface area contributed by atoms with Gasteiger partial charge in [-0.15, -0.1) is 0 Å². The van der Waals surface area contributed by atoms with Crippen LogP contribution in [0.25, 0.3) is 0 Å². The summed E-state index contributed by atoms with van der Waals surface area (Å²) in [6.07, 6.45) is -4.37. The molecule has 1 rings (SSSR count). The molecule has 0 saturated carbocycles. The fourth-order valence-corrected chi connectivity index (χ4v) is 1.32. The quantitative estimate of drug-likeness (QED) is 0.780. The van der Waals surface area contributed by atoms with Crippen molar-refractivity contribution >= 4 is 11.6 Å². The number of nitrogens with one attached hydrogen (secondary N) is 2. The van der Waals surface area contributed by atoms with Crippen molar-refractivity contribution in [3.63, 3.8) is 0 Å². The molecule has 0 aromatic heterocycles. The van der Waals surface area contributed by atoms with E-state index in [1.807, 2.05) is 0 Å². The number of anilines is 1. The predicted molar refractivity (Wildman–Crippen MR) is 64.8 cm³/mol. The second-order valence-corrected chi connectivity index (χ2v) is 3.79. The first-order valence-corrected chi connectivity index (χ1v) is 5.60. The number of amides is 1. The van der Waals surface area contributed by atoms with Crippen molar-refractivity contribution in [2.75, 3.05) is 32.1 Å². The van der Waals surface area contributed by atoms with Crippen LogP contribution in [0.1, 0.15) is 5.56 Å². The van der Waals surface area contributed by atoms with E-state index in [0.29, 0.717) is 18.8 Å². The largest absolute Gasteiger partial charge is 0.416 e. The molecule has 4 nitrogen and oxygen atoms in total. The monoisotopic (exact) mass is 276 g/mol. The molecule has 0 heterocycles. The van der Waals surface area contributed by atoms with E-state index in [9.17, 15) is 18.0 Å². The first kappa shape index (κ1) is 15.5. The summed E-state index contributed by atoms with van der Waals surface area (Å²) >= 11 is 0. The van der Waals surface area contributed by atoms with Crippen molar-refractivity contribution in [1.82, 2.24) is 5.32 Å². The fourth-order valence-electron chi connectivity index (χ4n) is 1.32. The van der Waals surface area contributed by atoms with Crippen LogP contribution < -0.4 is 10.6 Å². The van der Waals surface area contributed by atoms with Crippen molar-refractivity contribution in [3.05, 3.63) is 29.8 Å². The van der Waals surface area contributed by atoms with Crippen LogP contribution in [0.3, 0.4) is 0 Å². The van der Waals surface area contributed by atoms with Crippen LogP contribution in [0.5, 0.6) is 0 Å². The number of carbonyl (C=O) groups excluding carboxylic acids is 1. The maximum atomic E-state index is 12.3. The van der Waals surface area contributed by atoms with Crippen LogP contribution in [-0.2, 0) is 15.7 Å². The molecule has 7 heteroatoms. The van der Waals surface area contributed by atoms with Crippen LogP contribution >= 0.6 is 0 Å². The number of ether oxygens (including phenoxy) is 1. The summed E-state index contributed by atoms with van der Waals surface area (Å²) in [4.78, 5) is 11.4. The van der Waals surface area contributed by atoms with Crippen molar-refractivity contribution in [2.24, 2.45) is 0 Å². The van der Waals surface area contributed by atoms with E-state index in [1.165, 1.54) is 12.1 Å². The number of carbonyl (C=O) groups is 1. The number of hydrogen-bond donors (Lipinski definition) is 2. The molecule has 0 radical (unpaired) electrons. The molecule has 106 valence electrons. The minimum Gasteiger partial charge on any atom is -0.383 e. The van der Waals surface area contributed by atoms with Crippen LogP contribution in [-0.4, -0.2) is 32.7 Å². The van der Waals surface area contributed by atoms with Crippen molar-refractivity contribution < 1.29 is 22.7 Å². The molecule has 1 amide bonds. The molecule has 2 N–H and O–H groups in total. The van der Waals surface area contributed by atoms with Gasteiger partial charge in [0.05, 0.1) is 18.7 Å². The molecule has 19 heavy (non-hydrogen) atoms.